The van der Waals surface area contributed by atoms with Gasteiger partial charge in [-0.25, -0.2) is 4.98 Å². The summed E-state index contributed by atoms with van der Waals surface area (Å²) in [6.07, 6.45) is 7.32. The molecule has 2 atom stereocenters. The van der Waals surface area contributed by atoms with Gasteiger partial charge in [-0.1, -0.05) is 12.8 Å². The van der Waals surface area contributed by atoms with E-state index in [4.69, 9.17) is 5.73 Å². The minimum Gasteiger partial charge on any atom is -0.368 e. The molecular weight excluding hydrogens is 276 g/mol. The molecule has 3 rings (SSSR count). The lowest BCUT2D eigenvalue weighted by Crippen LogP contribution is -2.34. The molecule has 102 valence electrons. The number of nitrogen functional groups attached to an aromatic ring is 1. The maximum Gasteiger partial charge on any atom is 0.223 e. The zero-order valence-corrected chi connectivity index (χ0v) is 12.6. The Morgan fingerprint density at radius 1 is 1.37 bits per heavy atom. The number of aromatic nitrogens is 2. The number of fused-ring (bicyclic) bond motifs is 1. The van der Waals surface area contributed by atoms with Crippen molar-refractivity contribution >= 4 is 45.1 Å². The van der Waals surface area contributed by atoms with Crippen LogP contribution in [0.5, 0.6) is 0 Å². The van der Waals surface area contributed by atoms with Crippen LogP contribution >= 0.6 is 23.1 Å². The molecule has 0 radical (unpaired) electrons. The van der Waals surface area contributed by atoms with Crippen LogP contribution in [0.4, 0.5) is 11.8 Å². The van der Waals surface area contributed by atoms with Crippen LogP contribution in [0.1, 0.15) is 25.7 Å². The molecule has 2 aromatic heterocycles. The van der Waals surface area contributed by atoms with E-state index in [1.54, 1.807) is 11.3 Å². The third kappa shape index (κ3) is 2.65. The van der Waals surface area contributed by atoms with Crippen LogP contribution in [0.25, 0.3) is 10.2 Å². The number of nitrogens with zero attached hydrogens (tertiary/aromatic N) is 2. The predicted molar refractivity (Wildman–Crippen MR) is 85.0 cm³/mol. The molecule has 0 amide bonds. The summed E-state index contributed by atoms with van der Waals surface area (Å²) in [4.78, 5) is 9.62. The Labute approximate surface area is 121 Å². The van der Waals surface area contributed by atoms with Gasteiger partial charge in [0, 0.05) is 11.3 Å². The van der Waals surface area contributed by atoms with Gasteiger partial charge in [0.05, 0.1) is 5.39 Å². The molecule has 0 aromatic carbocycles. The summed E-state index contributed by atoms with van der Waals surface area (Å²) in [6, 6.07) is 2.56. The van der Waals surface area contributed by atoms with Crippen LogP contribution in [0.15, 0.2) is 11.4 Å². The van der Waals surface area contributed by atoms with E-state index < -0.39 is 0 Å². The van der Waals surface area contributed by atoms with Crippen molar-refractivity contribution in [1.82, 2.24) is 9.97 Å². The molecule has 1 aliphatic carbocycles. The number of nitrogens with one attached hydrogen (secondary N) is 1. The van der Waals surface area contributed by atoms with Gasteiger partial charge in [0.2, 0.25) is 5.95 Å². The van der Waals surface area contributed by atoms with Crippen LogP contribution in [0, 0.1) is 0 Å². The molecule has 19 heavy (non-hydrogen) atoms. The van der Waals surface area contributed by atoms with Crippen molar-refractivity contribution in [2.24, 2.45) is 0 Å². The van der Waals surface area contributed by atoms with Gasteiger partial charge in [-0.15, -0.1) is 11.3 Å². The van der Waals surface area contributed by atoms with E-state index in [0.29, 0.717) is 17.2 Å². The third-order valence-corrected chi connectivity index (χ3v) is 5.65. The topological polar surface area (TPSA) is 63.8 Å². The molecule has 4 nitrogen and oxygen atoms in total. The predicted octanol–water partition coefficient (Wildman–Crippen LogP) is 3.36. The molecule has 2 heterocycles. The lowest BCUT2D eigenvalue weighted by molar-refractivity contribution is 0.474. The minimum absolute atomic E-state index is 0.356. The van der Waals surface area contributed by atoms with Crippen molar-refractivity contribution < 1.29 is 0 Å². The highest BCUT2D eigenvalue weighted by atomic mass is 32.2. The fraction of sp³-hybridized carbons (Fsp3) is 0.538. The van der Waals surface area contributed by atoms with Crippen LogP contribution in [0.3, 0.4) is 0 Å². The quantitative estimate of drug-likeness (QED) is 0.909. The van der Waals surface area contributed by atoms with Crippen molar-refractivity contribution in [3.63, 3.8) is 0 Å². The van der Waals surface area contributed by atoms with Crippen molar-refractivity contribution in [3.05, 3.63) is 11.4 Å². The number of hydrogen-bond donors (Lipinski definition) is 2. The standard InChI is InChI=1S/C13H18N4S2/c1-18-10-5-3-2-4-9(10)15-11-8-6-7-19-12(8)17-13(14)16-11/h6-7,9-10H,2-5H2,1H3,(H3,14,15,16,17). The van der Waals surface area contributed by atoms with E-state index in [0.717, 1.165) is 16.0 Å². The van der Waals surface area contributed by atoms with Crippen LogP contribution in [-0.4, -0.2) is 27.5 Å². The molecular formula is C13H18N4S2. The van der Waals surface area contributed by atoms with Crippen molar-refractivity contribution in [2.45, 2.75) is 37.0 Å². The largest absolute Gasteiger partial charge is 0.368 e. The third-order valence-electron chi connectivity index (χ3n) is 3.67. The van der Waals surface area contributed by atoms with Gasteiger partial charge in [-0.3, -0.25) is 0 Å². The first kappa shape index (κ1) is 13.0. The number of thioether (sulfide) groups is 1. The number of thiophene rings is 1. The Balaban J connectivity index is 1.89. The summed E-state index contributed by atoms with van der Waals surface area (Å²) in [5, 5.41) is 7.40. The van der Waals surface area contributed by atoms with Gasteiger partial charge in [0.25, 0.3) is 0 Å². The van der Waals surface area contributed by atoms with Crippen LogP contribution in [0.2, 0.25) is 0 Å². The normalized spacial score (nSPS) is 23.6. The van der Waals surface area contributed by atoms with Gasteiger partial charge < -0.3 is 11.1 Å². The first-order chi connectivity index (χ1) is 9.28. The van der Waals surface area contributed by atoms with Gasteiger partial charge in [0.15, 0.2) is 0 Å². The Morgan fingerprint density at radius 3 is 3.05 bits per heavy atom. The van der Waals surface area contributed by atoms with Crippen LogP contribution < -0.4 is 11.1 Å². The monoisotopic (exact) mass is 294 g/mol. The van der Waals surface area contributed by atoms with E-state index in [1.807, 2.05) is 17.1 Å². The first-order valence-electron chi connectivity index (χ1n) is 6.58. The lowest BCUT2D eigenvalue weighted by atomic mass is 9.95. The number of rotatable bonds is 3. The Kier molecular flexibility index (Phi) is 3.79. The average molecular weight is 294 g/mol. The first-order valence-corrected chi connectivity index (χ1v) is 8.74. The zero-order valence-electron chi connectivity index (χ0n) is 10.9. The number of hydrogen-bond acceptors (Lipinski definition) is 6. The summed E-state index contributed by atoms with van der Waals surface area (Å²) in [6.45, 7) is 0. The molecule has 0 saturated heterocycles. The minimum atomic E-state index is 0.356. The van der Waals surface area contributed by atoms with Gasteiger partial charge >= 0.3 is 0 Å². The highest BCUT2D eigenvalue weighted by Crippen LogP contribution is 2.32. The highest BCUT2D eigenvalue weighted by Gasteiger charge is 2.25. The fourth-order valence-corrected chi connectivity index (χ4v) is 4.41. The molecule has 0 bridgehead atoms. The summed E-state index contributed by atoms with van der Waals surface area (Å²) >= 11 is 3.56. The Bertz CT molecular complexity index is 569. The Hall–Kier alpha value is -1.01. The average Bonchev–Trinajstić information content (AvgIpc) is 2.87. The molecule has 6 heteroatoms. The Morgan fingerprint density at radius 2 is 2.21 bits per heavy atom. The molecule has 1 aliphatic rings. The second-order valence-corrected chi connectivity index (χ2v) is 6.85. The molecule has 2 unspecified atom stereocenters. The summed E-state index contributed by atoms with van der Waals surface area (Å²) in [5.74, 6) is 1.25. The van der Waals surface area contributed by atoms with Gasteiger partial charge in [-0.2, -0.15) is 16.7 Å². The molecule has 0 aliphatic heterocycles. The number of nitrogens with two attached hydrogens (primary N) is 1. The highest BCUT2D eigenvalue weighted by molar-refractivity contribution is 7.99. The van der Waals surface area contributed by atoms with Gasteiger partial charge in [-0.05, 0) is 30.5 Å². The summed E-state index contributed by atoms with van der Waals surface area (Å²) < 4.78 is 0. The van der Waals surface area contributed by atoms with E-state index in [1.165, 1.54) is 25.7 Å². The van der Waals surface area contributed by atoms with E-state index in [-0.39, 0.29) is 0 Å². The molecule has 3 N–H and O–H groups in total. The fourth-order valence-electron chi connectivity index (χ4n) is 2.70. The molecule has 0 spiro atoms. The van der Waals surface area contributed by atoms with Gasteiger partial charge in [0.1, 0.15) is 10.6 Å². The maximum atomic E-state index is 5.80. The lowest BCUT2D eigenvalue weighted by Gasteiger charge is -2.31. The SMILES string of the molecule is CSC1CCCCC1Nc1nc(N)nc2sccc12. The van der Waals surface area contributed by atoms with Crippen molar-refractivity contribution in [3.8, 4) is 0 Å². The molecule has 1 fully saturated rings. The van der Waals surface area contributed by atoms with Crippen molar-refractivity contribution in [2.75, 3.05) is 17.3 Å². The van der Waals surface area contributed by atoms with E-state index in [2.05, 4.69) is 27.6 Å². The zero-order chi connectivity index (χ0) is 13.2. The number of anilines is 2. The smallest absolute Gasteiger partial charge is 0.223 e. The van der Waals surface area contributed by atoms with Crippen LogP contribution in [-0.2, 0) is 0 Å². The second kappa shape index (κ2) is 5.54. The van der Waals surface area contributed by atoms with Crippen molar-refractivity contribution in [1.29, 1.82) is 0 Å². The summed E-state index contributed by atoms with van der Waals surface area (Å²) in [7, 11) is 0. The molecule has 1 saturated carbocycles. The maximum absolute atomic E-state index is 5.80. The second-order valence-electron chi connectivity index (χ2n) is 4.88. The van der Waals surface area contributed by atoms with E-state index >= 15 is 0 Å². The summed E-state index contributed by atoms with van der Waals surface area (Å²) in [5.41, 5.74) is 5.80. The molecule has 2 aromatic rings. The van der Waals surface area contributed by atoms with E-state index in [9.17, 15) is 0 Å².